The third-order valence-electron chi connectivity index (χ3n) is 4.14. The number of nitrogens with one attached hydrogen (secondary N) is 1. The zero-order valence-electron chi connectivity index (χ0n) is 12.5. The average molecular weight is 263 g/mol. The lowest BCUT2D eigenvalue weighted by Crippen LogP contribution is -2.56. The van der Waals surface area contributed by atoms with Crippen LogP contribution in [0.25, 0.3) is 0 Å². The van der Waals surface area contributed by atoms with Gasteiger partial charge < -0.3 is 15.1 Å². The van der Waals surface area contributed by atoms with Crippen molar-refractivity contribution in [3.05, 3.63) is 12.4 Å². The summed E-state index contributed by atoms with van der Waals surface area (Å²) in [5.41, 5.74) is 0.310. The lowest BCUT2D eigenvalue weighted by Gasteiger charge is -2.49. The summed E-state index contributed by atoms with van der Waals surface area (Å²) in [6.07, 6.45) is 7.47. The van der Waals surface area contributed by atoms with Gasteiger partial charge in [-0.3, -0.25) is 4.98 Å². The Balaban J connectivity index is 2.06. The summed E-state index contributed by atoms with van der Waals surface area (Å²) in [5.74, 6) is 1.78. The van der Waals surface area contributed by atoms with Crippen molar-refractivity contribution in [2.75, 3.05) is 44.4 Å². The van der Waals surface area contributed by atoms with Crippen molar-refractivity contribution in [3.8, 4) is 0 Å². The van der Waals surface area contributed by atoms with E-state index in [0.717, 1.165) is 24.7 Å². The molecule has 0 unspecified atom stereocenters. The predicted octanol–water partition coefficient (Wildman–Crippen LogP) is 1.83. The monoisotopic (exact) mass is 263 g/mol. The normalized spacial score (nSPS) is 17.1. The van der Waals surface area contributed by atoms with Gasteiger partial charge in [0, 0.05) is 25.7 Å². The maximum absolute atomic E-state index is 4.60. The van der Waals surface area contributed by atoms with Gasteiger partial charge in [0.2, 0.25) is 0 Å². The largest absolute Gasteiger partial charge is 0.369 e. The van der Waals surface area contributed by atoms with Crippen LogP contribution in [-0.4, -0.2) is 54.6 Å². The van der Waals surface area contributed by atoms with E-state index in [1.807, 2.05) is 6.20 Å². The van der Waals surface area contributed by atoms with Crippen LogP contribution in [0.1, 0.15) is 26.2 Å². The van der Waals surface area contributed by atoms with Gasteiger partial charge in [-0.25, -0.2) is 4.98 Å². The number of likely N-dealkylation sites (N-methyl/N-ethyl adjacent to an activating group) is 2. The van der Waals surface area contributed by atoms with Crippen LogP contribution in [0.15, 0.2) is 12.4 Å². The van der Waals surface area contributed by atoms with Crippen molar-refractivity contribution in [2.45, 2.75) is 31.7 Å². The van der Waals surface area contributed by atoms with Crippen LogP contribution in [0.3, 0.4) is 0 Å². The van der Waals surface area contributed by atoms with Crippen LogP contribution in [0.5, 0.6) is 0 Å². The molecular weight excluding hydrogens is 238 g/mol. The summed E-state index contributed by atoms with van der Waals surface area (Å²) >= 11 is 0. The molecule has 5 heteroatoms. The highest BCUT2D eigenvalue weighted by Gasteiger charge is 2.40. The summed E-state index contributed by atoms with van der Waals surface area (Å²) in [7, 11) is 6.45. The standard InChI is InChI=1S/C14H25N5/c1-5-16-12-9-15-10-13(17-12)19(4)11-14(18(2)3)7-6-8-14/h9-10H,5-8,11H2,1-4H3,(H,16,17). The Hall–Kier alpha value is -1.36. The smallest absolute Gasteiger partial charge is 0.149 e. The Kier molecular flexibility index (Phi) is 4.24. The van der Waals surface area contributed by atoms with Crippen LogP contribution < -0.4 is 10.2 Å². The fourth-order valence-electron chi connectivity index (χ4n) is 2.66. The van der Waals surface area contributed by atoms with E-state index >= 15 is 0 Å². The zero-order valence-corrected chi connectivity index (χ0v) is 12.5. The number of hydrogen-bond acceptors (Lipinski definition) is 5. The van der Waals surface area contributed by atoms with Crippen LogP contribution in [0, 0.1) is 0 Å². The van der Waals surface area contributed by atoms with Gasteiger partial charge in [0.15, 0.2) is 0 Å². The molecule has 1 aromatic rings. The predicted molar refractivity (Wildman–Crippen MR) is 79.7 cm³/mol. The molecule has 0 aliphatic heterocycles. The number of nitrogens with zero attached hydrogens (tertiary/aromatic N) is 4. The van der Waals surface area contributed by atoms with Crippen molar-refractivity contribution in [2.24, 2.45) is 0 Å². The highest BCUT2D eigenvalue weighted by Crippen LogP contribution is 2.37. The summed E-state index contributed by atoms with van der Waals surface area (Å²) in [4.78, 5) is 13.4. The van der Waals surface area contributed by atoms with Gasteiger partial charge in [-0.05, 0) is 40.3 Å². The van der Waals surface area contributed by atoms with Crippen LogP contribution in [0.4, 0.5) is 11.6 Å². The van der Waals surface area contributed by atoms with E-state index in [-0.39, 0.29) is 0 Å². The summed E-state index contributed by atoms with van der Waals surface area (Å²) in [6.45, 7) is 3.93. The first kappa shape index (κ1) is 14.1. The first-order valence-corrected chi connectivity index (χ1v) is 7.02. The minimum absolute atomic E-state index is 0.310. The molecule has 1 fully saturated rings. The molecule has 0 amide bonds. The maximum Gasteiger partial charge on any atom is 0.149 e. The molecule has 1 heterocycles. The molecular formula is C14H25N5. The van der Waals surface area contributed by atoms with Crippen LogP contribution in [0.2, 0.25) is 0 Å². The quantitative estimate of drug-likeness (QED) is 0.848. The van der Waals surface area contributed by atoms with Crippen LogP contribution in [-0.2, 0) is 0 Å². The topological polar surface area (TPSA) is 44.3 Å². The Bertz CT molecular complexity index is 414. The van der Waals surface area contributed by atoms with Crippen molar-refractivity contribution < 1.29 is 0 Å². The molecule has 0 bridgehead atoms. The fraction of sp³-hybridized carbons (Fsp3) is 0.714. The van der Waals surface area contributed by atoms with E-state index in [1.165, 1.54) is 19.3 Å². The third-order valence-corrected chi connectivity index (χ3v) is 4.14. The summed E-state index contributed by atoms with van der Waals surface area (Å²) < 4.78 is 0. The highest BCUT2D eigenvalue weighted by atomic mass is 15.3. The van der Waals surface area contributed by atoms with Gasteiger partial charge in [0.25, 0.3) is 0 Å². The highest BCUT2D eigenvalue weighted by molar-refractivity contribution is 5.43. The molecule has 19 heavy (non-hydrogen) atoms. The van der Waals surface area contributed by atoms with Gasteiger partial charge in [-0.15, -0.1) is 0 Å². The summed E-state index contributed by atoms with van der Waals surface area (Å²) in [6, 6.07) is 0. The fourth-order valence-corrected chi connectivity index (χ4v) is 2.66. The number of aromatic nitrogens is 2. The van der Waals surface area contributed by atoms with Crippen molar-refractivity contribution in [3.63, 3.8) is 0 Å². The first-order valence-electron chi connectivity index (χ1n) is 7.02. The van der Waals surface area contributed by atoms with Crippen LogP contribution >= 0.6 is 0 Å². The van der Waals surface area contributed by atoms with E-state index in [2.05, 4.69) is 53.2 Å². The molecule has 1 aromatic heterocycles. The SMILES string of the molecule is CCNc1cncc(N(C)CC2(N(C)C)CCC2)n1. The molecule has 2 rings (SSSR count). The molecule has 0 atom stereocenters. The molecule has 0 saturated heterocycles. The molecule has 0 spiro atoms. The number of anilines is 2. The van der Waals surface area contributed by atoms with Crippen molar-refractivity contribution in [1.29, 1.82) is 0 Å². The molecule has 1 aliphatic carbocycles. The summed E-state index contributed by atoms with van der Waals surface area (Å²) in [5, 5.41) is 3.21. The Morgan fingerprint density at radius 3 is 2.53 bits per heavy atom. The third kappa shape index (κ3) is 2.97. The van der Waals surface area contributed by atoms with Gasteiger partial charge in [-0.1, -0.05) is 0 Å². The average Bonchev–Trinajstić information content (AvgIpc) is 2.34. The minimum atomic E-state index is 0.310. The van der Waals surface area contributed by atoms with Gasteiger partial charge in [-0.2, -0.15) is 0 Å². The molecule has 1 aliphatic rings. The second-order valence-electron chi connectivity index (χ2n) is 5.62. The lowest BCUT2D eigenvalue weighted by molar-refractivity contribution is 0.0682. The minimum Gasteiger partial charge on any atom is -0.369 e. The van der Waals surface area contributed by atoms with Crippen molar-refractivity contribution in [1.82, 2.24) is 14.9 Å². The van der Waals surface area contributed by atoms with Gasteiger partial charge in [0.05, 0.1) is 12.4 Å². The second-order valence-corrected chi connectivity index (χ2v) is 5.62. The van der Waals surface area contributed by atoms with E-state index in [1.54, 1.807) is 6.20 Å². The number of rotatable bonds is 6. The zero-order chi connectivity index (χ0) is 13.9. The van der Waals surface area contributed by atoms with E-state index in [0.29, 0.717) is 5.54 Å². The molecule has 106 valence electrons. The molecule has 1 N–H and O–H groups in total. The van der Waals surface area contributed by atoms with E-state index in [4.69, 9.17) is 0 Å². The first-order chi connectivity index (χ1) is 9.07. The molecule has 1 saturated carbocycles. The Morgan fingerprint density at radius 2 is 2.00 bits per heavy atom. The maximum atomic E-state index is 4.60. The molecule has 0 radical (unpaired) electrons. The number of hydrogen-bond donors (Lipinski definition) is 1. The Labute approximate surface area is 116 Å². The van der Waals surface area contributed by atoms with Gasteiger partial charge >= 0.3 is 0 Å². The van der Waals surface area contributed by atoms with Crippen molar-refractivity contribution >= 4 is 11.6 Å². The molecule has 5 nitrogen and oxygen atoms in total. The lowest BCUT2D eigenvalue weighted by atomic mass is 9.75. The van der Waals surface area contributed by atoms with E-state index in [9.17, 15) is 0 Å². The second kappa shape index (κ2) is 5.74. The van der Waals surface area contributed by atoms with E-state index < -0.39 is 0 Å². The van der Waals surface area contributed by atoms with Gasteiger partial charge in [0.1, 0.15) is 11.6 Å². The Morgan fingerprint density at radius 1 is 1.26 bits per heavy atom. The molecule has 0 aromatic carbocycles.